The number of aryl methyl sites for hydroxylation is 1. The van der Waals surface area contributed by atoms with E-state index in [2.05, 4.69) is 70.3 Å². The molecule has 0 fully saturated rings. The van der Waals surface area contributed by atoms with Crippen molar-refractivity contribution in [1.82, 2.24) is 0 Å². The third kappa shape index (κ3) is 5.54. The molecule has 0 saturated heterocycles. The highest BCUT2D eigenvalue weighted by molar-refractivity contribution is 14.1. The molecule has 32 heavy (non-hydrogen) atoms. The van der Waals surface area contributed by atoms with Gasteiger partial charge in [0, 0.05) is 37.0 Å². The van der Waals surface area contributed by atoms with Crippen LogP contribution in [0.5, 0.6) is 5.75 Å². The van der Waals surface area contributed by atoms with E-state index in [1.807, 2.05) is 48.5 Å². The smallest absolute Gasteiger partial charge is 0.197 e. The van der Waals surface area contributed by atoms with Gasteiger partial charge in [0.2, 0.25) is 0 Å². The monoisotopic (exact) mass is 650 g/mol. The number of carbonyl (C=O) groups is 1. The van der Waals surface area contributed by atoms with Gasteiger partial charge in [-0.05, 0) is 87.5 Å². The number of ketones is 1. The van der Waals surface area contributed by atoms with Gasteiger partial charge in [-0.2, -0.15) is 0 Å². The lowest BCUT2D eigenvalue weighted by Gasteiger charge is -2.07. The average molecular weight is 650 g/mol. The Morgan fingerprint density at radius 1 is 0.938 bits per heavy atom. The maximum absolute atomic E-state index is 13.5. The summed E-state index contributed by atoms with van der Waals surface area (Å²) >= 11 is 4.51. The number of rotatable bonds is 9. The van der Waals surface area contributed by atoms with Crippen LogP contribution in [0.15, 0.2) is 71.1 Å². The highest BCUT2D eigenvalue weighted by Crippen LogP contribution is 2.32. The van der Waals surface area contributed by atoms with Crippen molar-refractivity contribution in [2.45, 2.75) is 32.6 Å². The van der Waals surface area contributed by atoms with Crippen LogP contribution < -0.4 is 4.74 Å². The fourth-order valence-electron chi connectivity index (χ4n) is 3.74. The van der Waals surface area contributed by atoms with Crippen molar-refractivity contribution in [3.63, 3.8) is 0 Å². The summed E-state index contributed by atoms with van der Waals surface area (Å²) in [5, 5.41) is 0.852. The number of hydrogen-bond donors (Lipinski definition) is 0. The van der Waals surface area contributed by atoms with E-state index in [0.717, 1.165) is 49.7 Å². The first-order valence-corrected chi connectivity index (χ1v) is 12.9. The molecule has 0 unspecified atom stereocenters. The van der Waals surface area contributed by atoms with E-state index in [4.69, 9.17) is 9.15 Å². The number of halogens is 2. The van der Waals surface area contributed by atoms with Crippen LogP contribution in [0, 0.1) is 7.14 Å². The zero-order valence-electron chi connectivity index (χ0n) is 17.9. The van der Waals surface area contributed by atoms with Crippen molar-refractivity contribution in [3.8, 4) is 5.75 Å². The second-order valence-electron chi connectivity index (χ2n) is 7.73. The molecule has 0 radical (unpaired) electrons. The number of unbranched alkanes of at least 4 members (excludes halogenated alkanes) is 1. The quantitative estimate of drug-likeness (QED) is 0.137. The van der Waals surface area contributed by atoms with Gasteiger partial charge in [-0.25, -0.2) is 0 Å². The number of hydrogen-bond acceptors (Lipinski definition) is 3. The van der Waals surface area contributed by atoms with Gasteiger partial charge < -0.3 is 9.15 Å². The van der Waals surface area contributed by atoms with Gasteiger partial charge in [-0.3, -0.25) is 4.79 Å². The lowest BCUT2D eigenvalue weighted by Crippen LogP contribution is -2.05. The Kier molecular flexibility index (Phi) is 7.88. The van der Waals surface area contributed by atoms with Crippen LogP contribution in [-0.2, 0) is 12.8 Å². The van der Waals surface area contributed by atoms with Gasteiger partial charge in [-0.1, -0.05) is 43.7 Å². The molecule has 4 rings (SSSR count). The van der Waals surface area contributed by atoms with Gasteiger partial charge >= 0.3 is 0 Å². The third-order valence-electron chi connectivity index (χ3n) is 5.35. The molecule has 0 aliphatic rings. The normalized spacial score (nSPS) is 11.1. The number of carbonyl (C=O) groups excluding carboxylic acids is 1. The van der Waals surface area contributed by atoms with Gasteiger partial charge in [0.15, 0.2) is 5.78 Å². The highest BCUT2D eigenvalue weighted by atomic mass is 127. The minimum atomic E-state index is 0.0176. The first-order chi connectivity index (χ1) is 15.5. The first-order valence-electron chi connectivity index (χ1n) is 10.8. The Hall–Kier alpha value is -1.87. The van der Waals surface area contributed by atoms with Crippen molar-refractivity contribution in [2.75, 3.05) is 6.61 Å². The molecule has 0 amide bonds. The number of benzene rings is 3. The molecule has 1 aromatic heterocycles. The lowest BCUT2D eigenvalue weighted by molar-refractivity contribution is 0.103. The van der Waals surface area contributed by atoms with E-state index in [1.165, 1.54) is 5.56 Å². The van der Waals surface area contributed by atoms with Gasteiger partial charge in [-0.15, -0.1) is 0 Å². The largest absolute Gasteiger partial charge is 0.493 e. The molecule has 0 aliphatic heterocycles. The van der Waals surface area contributed by atoms with Crippen molar-refractivity contribution in [2.24, 2.45) is 0 Å². The molecule has 5 heteroatoms. The van der Waals surface area contributed by atoms with Crippen LogP contribution >= 0.6 is 45.2 Å². The van der Waals surface area contributed by atoms with Crippen LogP contribution in [-0.4, -0.2) is 12.4 Å². The second-order valence-corrected chi connectivity index (χ2v) is 10.2. The van der Waals surface area contributed by atoms with Gasteiger partial charge in [0.25, 0.3) is 0 Å². The summed E-state index contributed by atoms with van der Waals surface area (Å²) in [7, 11) is 0. The molecular weight excluding hydrogens is 626 g/mol. The molecule has 0 atom stereocenters. The van der Waals surface area contributed by atoms with Crippen LogP contribution in [0.3, 0.4) is 0 Å². The fraction of sp³-hybridized carbons (Fsp3) is 0.222. The van der Waals surface area contributed by atoms with E-state index >= 15 is 0 Å². The first kappa shape index (κ1) is 23.3. The lowest BCUT2D eigenvalue weighted by atomic mass is 9.98. The van der Waals surface area contributed by atoms with E-state index in [9.17, 15) is 4.79 Å². The van der Waals surface area contributed by atoms with E-state index in [1.54, 1.807) is 0 Å². The zero-order chi connectivity index (χ0) is 22.5. The maximum atomic E-state index is 13.5. The summed E-state index contributed by atoms with van der Waals surface area (Å²) in [5.41, 5.74) is 3.33. The molecule has 0 saturated carbocycles. The standard InChI is InChI=1S/C27H24I2O3/c1-2-3-9-24-26(27(30)19-14-20(28)16-21(29)15-19)23-11-10-22(17-25(23)32-24)31-13-12-18-7-5-4-6-8-18/h4-8,10-11,14-17H,2-3,9,12-13H2,1H3. The van der Waals surface area contributed by atoms with E-state index in [-0.39, 0.29) is 5.78 Å². The van der Waals surface area contributed by atoms with Crippen LogP contribution in [0.2, 0.25) is 0 Å². The predicted octanol–water partition coefficient (Wildman–Crippen LogP) is 7.84. The molecule has 4 aromatic rings. The van der Waals surface area contributed by atoms with Crippen molar-refractivity contribution in [1.29, 1.82) is 0 Å². The Bertz CT molecular complexity index is 1210. The number of furan rings is 1. The summed E-state index contributed by atoms with van der Waals surface area (Å²) in [6.45, 7) is 2.73. The molecule has 0 N–H and O–H groups in total. The molecule has 164 valence electrons. The molecule has 3 nitrogen and oxygen atoms in total. The van der Waals surface area contributed by atoms with Crippen molar-refractivity contribution in [3.05, 3.63) is 96.3 Å². The van der Waals surface area contributed by atoms with Gasteiger partial charge in [0.1, 0.15) is 17.1 Å². The average Bonchev–Trinajstić information content (AvgIpc) is 3.14. The Labute approximate surface area is 215 Å². The van der Waals surface area contributed by atoms with E-state index in [0.29, 0.717) is 23.3 Å². The maximum Gasteiger partial charge on any atom is 0.197 e. The SMILES string of the molecule is CCCCc1oc2cc(OCCc3ccccc3)ccc2c1C(=O)c1cc(I)cc(I)c1. The van der Waals surface area contributed by atoms with Crippen LogP contribution in [0.4, 0.5) is 0 Å². The summed E-state index contributed by atoms with van der Waals surface area (Å²) in [6.07, 6.45) is 3.61. The number of ether oxygens (including phenoxy) is 1. The topological polar surface area (TPSA) is 39.4 Å². The Morgan fingerprint density at radius 2 is 1.69 bits per heavy atom. The minimum absolute atomic E-state index is 0.0176. The third-order valence-corrected chi connectivity index (χ3v) is 6.59. The molecular formula is C27H24I2O3. The fourth-order valence-corrected chi connectivity index (χ4v) is 5.68. The summed E-state index contributed by atoms with van der Waals surface area (Å²) in [5.74, 6) is 1.54. The zero-order valence-corrected chi connectivity index (χ0v) is 22.2. The van der Waals surface area contributed by atoms with Gasteiger partial charge in [0.05, 0.1) is 12.2 Å². The predicted molar refractivity (Wildman–Crippen MR) is 146 cm³/mol. The van der Waals surface area contributed by atoms with Crippen molar-refractivity contribution < 1.29 is 13.9 Å². The van der Waals surface area contributed by atoms with Crippen LogP contribution in [0.25, 0.3) is 11.0 Å². The number of fused-ring (bicyclic) bond motifs is 1. The van der Waals surface area contributed by atoms with Crippen molar-refractivity contribution >= 4 is 61.9 Å². The second kappa shape index (κ2) is 10.8. The molecule has 3 aromatic carbocycles. The highest BCUT2D eigenvalue weighted by Gasteiger charge is 2.22. The minimum Gasteiger partial charge on any atom is -0.493 e. The van der Waals surface area contributed by atoms with E-state index < -0.39 is 0 Å². The summed E-state index contributed by atoms with van der Waals surface area (Å²) < 4.78 is 14.3. The van der Waals surface area contributed by atoms with Crippen LogP contribution in [0.1, 0.15) is 47.0 Å². The Balaban J connectivity index is 1.63. The Morgan fingerprint density at radius 3 is 2.41 bits per heavy atom. The summed E-state index contributed by atoms with van der Waals surface area (Å²) in [4.78, 5) is 13.5. The molecule has 0 aliphatic carbocycles. The summed E-state index contributed by atoms with van der Waals surface area (Å²) in [6, 6.07) is 22.0. The molecule has 0 bridgehead atoms. The molecule has 0 spiro atoms. The molecule has 1 heterocycles.